The largest absolute Gasteiger partial charge is 0.507 e. The molecule has 1 atom stereocenters. The number of likely N-dealkylation sites (tertiary alicyclic amines) is 1. The van der Waals surface area contributed by atoms with Gasteiger partial charge in [0.2, 0.25) is 0 Å². The summed E-state index contributed by atoms with van der Waals surface area (Å²) in [4.78, 5) is 27.6. The maximum atomic E-state index is 13.2. The van der Waals surface area contributed by atoms with Crippen LogP contribution in [0.1, 0.15) is 22.9 Å². The fourth-order valence-corrected chi connectivity index (χ4v) is 4.14. The molecule has 4 rings (SSSR count). The lowest BCUT2D eigenvalue weighted by atomic mass is 9.98. The number of carbonyl (C=O) groups excluding carboxylic acids is 2. The lowest BCUT2D eigenvalue weighted by molar-refractivity contribution is -0.140. The summed E-state index contributed by atoms with van der Waals surface area (Å²) in [7, 11) is 4.41. The highest BCUT2D eigenvalue weighted by molar-refractivity contribution is 6.46. The molecule has 0 spiro atoms. The molecule has 34 heavy (non-hydrogen) atoms. The van der Waals surface area contributed by atoms with Crippen LogP contribution in [0.2, 0.25) is 5.02 Å². The van der Waals surface area contributed by atoms with Gasteiger partial charge in [-0.1, -0.05) is 23.7 Å². The number of amides is 1. The predicted molar refractivity (Wildman–Crippen MR) is 124 cm³/mol. The van der Waals surface area contributed by atoms with E-state index in [0.717, 1.165) is 5.56 Å². The van der Waals surface area contributed by atoms with Crippen molar-refractivity contribution in [3.8, 4) is 17.2 Å². The van der Waals surface area contributed by atoms with Crippen LogP contribution in [0, 0.1) is 0 Å². The number of carbonyl (C=O) groups is 2. The second-order valence-electron chi connectivity index (χ2n) is 7.48. The standard InChI is InChI=1S/C25H22ClNO7/c1-31-15-8-6-14(7-9-15)13-27-22(18-5-4-10-34-18)21(24(29)25(27)30)23(28)16-11-17(26)20(33-3)12-19(16)32-2/h4-12,22,28H,13H2,1-3H3/b23-21-. The minimum atomic E-state index is -0.956. The van der Waals surface area contributed by atoms with Gasteiger partial charge < -0.3 is 28.6 Å². The van der Waals surface area contributed by atoms with Gasteiger partial charge in [0.1, 0.15) is 34.8 Å². The normalized spacial score (nSPS) is 17.2. The maximum absolute atomic E-state index is 13.2. The van der Waals surface area contributed by atoms with Crippen LogP contribution >= 0.6 is 11.6 Å². The summed E-state index contributed by atoms with van der Waals surface area (Å²) in [6.45, 7) is 0.108. The van der Waals surface area contributed by atoms with E-state index in [1.807, 2.05) is 0 Å². The third-order valence-electron chi connectivity index (χ3n) is 5.59. The van der Waals surface area contributed by atoms with Crippen molar-refractivity contribution in [2.45, 2.75) is 12.6 Å². The van der Waals surface area contributed by atoms with Crippen LogP contribution < -0.4 is 14.2 Å². The molecule has 2 heterocycles. The molecule has 1 amide bonds. The Kier molecular flexibility index (Phi) is 6.51. The third kappa shape index (κ3) is 4.08. The number of ketones is 1. The van der Waals surface area contributed by atoms with Gasteiger partial charge in [-0.25, -0.2) is 0 Å². The van der Waals surface area contributed by atoms with E-state index in [-0.39, 0.29) is 28.5 Å². The average molecular weight is 484 g/mol. The quantitative estimate of drug-likeness (QED) is 0.298. The van der Waals surface area contributed by atoms with Crippen molar-refractivity contribution in [3.05, 3.63) is 82.3 Å². The second kappa shape index (κ2) is 9.52. The molecule has 1 fully saturated rings. The van der Waals surface area contributed by atoms with Crippen molar-refractivity contribution in [1.29, 1.82) is 0 Å². The molecule has 1 aliphatic rings. The highest BCUT2D eigenvalue weighted by Crippen LogP contribution is 2.43. The Morgan fingerprint density at radius 1 is 1.03 bits per heavy atom. The lowest BCUT2D eigenvalue weighted by Gasteiger charge is -2.23. The van der Waals surface area contributed by atoms with E-state index in [4.69, 9.17) is 30.2 Å². The van der Waals surface area contributed by atoms with Gasteiger partial charge in [-0.3, -0.25) is 9.59 Å². The van der Waals surface area contributed by atoms with Gasteiger partial charge in [0.05, 0.1) is 43.8 Å². The van der Waals surface area contributed by atoms with Crippen LogP contribution in [0.3, 0.4) is 0 Å². The zero-order valence-electron chi connectivity index (χ0n) is 18.7. The number of halogens is 1. The monoisotopic (exact) mass is 483 g/mol. The van der Waals surface area contributed by atoms with Gasteiger partial charge in [0, 0.05) is 12.6 Å². The number of methoxy groups -OCH3 is 3. The molecule has 1 unspecified atom stereocenters. The van der Waals surface area contributed by atoms with Gasteiger partial charge in [-0.05, 0) is 35.9 Å². The van der Waals surface area contributed by atoms with Crippen molar-refractivity contribution in [2.75, 3.05) is 21.3 Å². The van der Waals surface area contributed by atoms with Crippen molar-refractivity contribution >= 4 is 29.1 Å². The number of furan rings is 1. The van der Waals surface area contributed by atoms with Crippen LogP contribution in [-0.2, 0) is 16.1 Å². The number of hydrogen-bond acceptors (Lipinski definition) is 7. The molecule has 2 aromatic carbocycles. The van der Waals surface area contributed by atoms with E-state index >= 15 is 0 Å². The molecule has 0 bridgehead atoms. The number of Topliss-reactive ketones (excluding diaryl/α,β-unsaturated/α-hetero) is 1. The molecule has 1 saturated heterocycles. The van der Waals surface area contributed by atoms with E-state index in [1.54, 1.807) is 43.5 Å². The Bertz CT molecular complexity index is 1250. The number of aliphatic hydroxyl groups is 1. The van der Waals surface area contributed by atoms with Crippen molar-refractivity contribution < 1.29 is 33.3 Å². The lowest BCUT2D eigenvalue weighted by Crippen LogP contribution is -2.29. The van der Waals surface area contributed by atoms with Gasteiger partial charge >= 0.3 is 0 Å². The smallest absolute Gasteiger partial charge is 0.296 e. The molecule has 176 valence electrons. The number of aliphatic hydroxyl groups excluding tert-OH is 1. The number of nitrogens with zero attached hydrogens (tertiary/aromatic N) is 1. The molecule has 9 heteroatoms. The Morgan fingerprint density at radius 2 is 1.74 bits per heavy atom. The van der Waals surface area contributed by atoms with E-state index in [1.165, 1.54) is 37.5 Å². The number of hydrogen-bond donors (Lipinski definition) is 1. The molecular formula is C25H22ClNO7. The Morgan fingerprint density at radius 3 is 2.32 bits per heavy atom. The molecule has 1 aromatic heterocycles. The highest BCUT2D eigenvalue weighted by atomic mass is 35.5. The van der Waals surface area contributed by atoms with Crippen LogP contribution in [0.25, 0.3) is 5.76 Å². The van der Waals surface area contributed by atoms with Gasteiger partial charge in [0.15, 0.2) is 0 Å². The Labute approximate surface area is 200 Å². The zero-order valence-corrected chi connectivity index (χ0v) is 19.5. The Balaban J connectivity index is 1.84. The maximum Gasteiger partial charge on any atom is 0.296 e. The third-order valence-corrected chi connectivity index (χ3v) is 5.89. The zero-order chi connectivity index (χ0) is 24.4. The van der Waals surface area contributed by atoms with E-state index in [2.05, 4.69) is 0 Å². The van der Waals surface area contributed by atoms with Crippen molar-refractivity contribution in [3.63, 3.8) is 0 Å². The molecule has 0 saturated carbocycles. The van der Waals surface area contributed by atoms with E-state index in [9.17, 15) is 14.7 Å². The molecular weight excluding hydrogens is 462 g/mol. The number of ether oxygens (including phenoxy) is 3. The first kappa shape index (κ1) is 23.3. The molecule has 0 aliphatic carbocycles. The fraction of sp³-hybridized carbons (Fsp3) is 0.200. The first-order valence-electron chi connectivity index (χ1n) is 10.3. The molecule has 3 aromatic rings. The summed E-state index contributed by atoms with van der Waals surface area (Å²) in [5, 5.41) is 11.5. The number of rotatable bonds is 7. The summed E-state index contributed by atoms with van der Waals surface area (Å²) in [6, 6.07) is 12.4. The highest BCUT2D eigenvalue weighted by Gasteiger charge is 2.47. The van der Waals surface area contributed by atoms with E-state index < -0.39 is 23.5 Å². The van der Waals surface area contributed by atoms with Gasteiger partial charge in [-0.2, -0.15) is 0 Å². The van der Waals surface area contributed by atoms with E-state index in [0.29, 0.717) is 17.3 Å². The summed E-state index contributed by atoms with van der Waals surface area (Å²) < 4.78 is 21.3. The van der Waals surface area contributed by atoms with Crippen LogP contribution in [0.15, 0.2) is 64.8 Å². The summed E-state index contributed by atoms with van der Waals surface area (Å²) >= 11 is 6.27. The Hall–Kier alpha value is -3.91. The number of benzene rings is 2. The molecule has 1 aliphatic heterocycles. The molecule has 0 radical (unpaired) electrons. The van der Waals surface area contributed by atoms with Gasteiger partial charge in [0.25, 0.3) is 11.7 Å². The minimum absolute atomic E-state index is 0.108. The average Bonchev–Trinajstić information content (AvgIpc) is 3.46. The first-order valence-corrected chi connectivity index (χ1v) is 10.6. The summed E-state index contributed by atoms with van der Waals surface area (Å²) in [5.74, 6) is -0.502. The first-order chi connectivity index (χ1) is 16.4. The van der Waals surface area contributed by atoms with Crippen molar-refractivity contribution in [1.82, 2.24) is 4.90 Å². The van der Waals surface area contributed by atoms with Crippen LogP contribution in [0.4, 0.5) is 0 Å². The fourth-order valence-electron chi connectivity index (χ4n) is 3.90. The van der Waals surface area contributed by atoms with Gasteiger partial charge in [-0.15, -0.1) is 0 Å². The second-order valence-corrected chi connectivity index (χ2v) is 7.88. The predicted octanol–water partition coefficient (Wildman–Crippen LogP) is 4.58. The topological polar surface area (TPSA) is 98.4 Å². The molecule has 8 nitrogen and oxygen atoms in total. The molecule has 1 N–H and O–H groups in total. The van der Waals surface area contributed by atoms with Crippen LogP contribution in [0.5, 0.6) is 17.2 Å². The minimum Gasteiger partial charge on any atom is -0.507 e. The van der Waals surface area contributed by atoms with Crippen molar-refractivity contribution in [2.24, 2.45) is 0 Å². The SMILES string of the molecule is COc1ccc(CN2C(=O)C(=O)/C(=C(\O)c3cc(Cl)c(OC)cc3OC)C2c2ccco2)cc1. The summed E-state index contributed by atoms with van der Waals surface area (Å²) in [5.41, 5.74) is 0.782. The summed E-state index contributed by atoms with van der Waals surface area (Å²) in [6.07, 6.45) is 1.44. The van der Waals surface area contributed by atoms with Crippen LogP contribution in [-0.4, -0.2) is 43.0 Å².